The van der Waals surface area contributed by atoms with Gasteiger partial charge >= 0.3 is 0 Å². The first kappa shape index (κ1) is 23.3. The van der Waals surface area contributed by atoms with Crippen molar-refractivity contribution in [3.8, 4) is 5.75 Å². The number of nitrogens with zero attached hydrogens (tertiary/aromatic N) is 2. The van der Waals surface area contributed by atoms with E-state index in [-0.39, 0.29) is 29.8 Å². The zero-order chi connectivity index (χ0) is 23.8. The molecule has 0 unspecified atom stereocenters. The molecule has 2 aromatic rings. The molecule has 2 amide bonds. The number of rotatable bonds is 7. The van der Waals surface area contributed by atoms with Crippen molar-refractivity contribution < 1.29 is 22.7 Å². The number of para-hydroxylation sites is 1. The highest BCUT2D eigenvalue weighted by molar-refractivity contribution is 7.89. The van der Waals surface area contributed by atoms with E-state index in [0.717, 1.165) is 18.4 Å². The van der Waals surface area contributed by atoms with Crippen LogP contribution in [0.15, 0.2) is 47.4 Å². The molecule has 1 N–H and O–H groups in total. The third-order valence-electron chi connectivity index (χ3n) is 6.39. The number of hydrogen-bond donors (Lipinski definition) is 1. The Hall–Kier alpha value is -2.91. The summed E-state index contributed by atoms with van der Waals surface area (Å²) in [5, 5.41) is 2.84. The maximum atomic E-state index is 13.2. The van der Waals surface area contributed by atoms with Gasteiger partial charge in [-0.15, -0.1) is 0 Å². The summed E-state index contributed by atoms with van der Waals surface area (Å²) >= 11 is 0. The molecule has 176 valence electrons. The molecule has 33 heavy (non-hydrogen) atoms. The maximum absolute atomic E-state index is 13.2. The van der Waals surface area contributed by atoms with Gasteiger partial charge in [-0.05, 0) is 56.5 Å². The minimum absolute atomic E-state index is 0.150. The number of ether oxygens (including phenoxy) is 1. The summed E-state index contributed by atoms with van der Waals surface area (Å²) in [6, 6.07) is 12.1. The molecule has 1 fully saturated rings. The van der Waals surface area contributed by atoms with Gasteiger partial charge in [0.15, 0.2) is 0 Å². The molecule has 0 atom stereocenters. The van der Waals surface area contributed by atoms with Gasteiger partial charge in [0.25, 0.3) is 0 Å². The number of carbonyl (C=O) groups is 2. The Labute approximate surface area is 194 Å². The lowest BCUT2D eigenvalue weighted by Crippen LogP contribution is -2.42. The molecular weight excluding hydrogens is 442 g/mol. The SMILES string of the molecule is COc1ccccc1CNC(=O)CN1C(=O)C(C)(C)c2cc(S(=O)(=O)N3CCCC3)ccc21. The van der Waals surface area contributed by atoms with E-state index in [0.29, 0.717) is 30.1 Å². The van der Waals surface area contributed by atoms with Gasteiger partial charge in [0.05, 0.1) is 17.4 Å². The predicted octanol–water partition coefficient (Wildman–Crippen LogP) is 2.42. The van der Waals surface area contributed by atoms with Crippen LogP contribution in [0.2, 0.25) is 0 Å². The topological polar surface area (TPSA) is 96.0 Å². The average molecular weight is 472 g/mol. The van der Waals surface area contributed by atoms with Gasteiger partial charge in [0.2, 0.25) is 21.8 Å². The first-order valence-corrected chi connectivity index (χ1v) is 12.5. The fourth-order valence-electron chi connectivity index (χ4n) is 4.45. The first-order chi connectivity index (χ1) is 15.7. The van der Waals surface area contributed by atoms with E-state index in [1.54, 1.807) is 33.1 Å². The third kappa shape index (κ3) is 4.22. The Kier molecular flexibility index (Phi) is 6.20. The normalized spacial score (nSPS) is 17.8. The highest BCUT2D eigenvalue weighted by atomic mass is 32.2. The van der Waals surface area contributed by atoms with Crippen LogP contribution in [0.25, 0.3) is 0 Å². The molecular formula is C24H29N3O5S. The second kappa shape index (κ2) is 8.79. The minimum atomic E-state index is -3.60. The van der Waals surface area contributed by atoms with E-state index in [1.165, 1.54) is 15.3 Å². The zero-order valence-electron chi connectivity index (χ0n) is 19.1. The number of sulfonamides is 1. The first-order valence-electron chi connectivity index (χ1n) is 11.0. The summed E-state index contributed by atoms with van der Waals surface area (Å²) in [4.78, 5) is 27.5. The number of hydrogen-bond acceptors (Lipinski definition) is 5. The zero-order valence-corrected chi connectivity index (χ0v) is 19.9. The van der Waals surface area contributed by atoms with Crippen LogP contribution < -0.4 is 15.0 Å². The lowest BCUT2D eigenvalue weighted by Gasteiger charge is -2.20. The van der Waals surface area contributed by atoms with E-state index in [9.17, 15) is 18.0 Å². The van der Waals surface area contributed by atoms with Crippen LogP contribution in [0.1, 0.15) is 37.8 Å². The molecule has 1 saturated heterocycles. The fraction of sp³-hybridized carbons (Fsp3) is 0.417. The molecule has 2 aliphatic rings. The van der Waals surface area contributed by atoms with Crippen molar-refractivity contribution in [2.75, 3.05) is 31.6 Å². The van der Waals surface area contributed by atoms with Crippen molar-refractivity contribution in [3.63, 3.8) is 0 Å². The summed E-state index contributed by atoms with van der Waals surface area (Å²) in [7, 11) is -2.03. The van der Waals surface area contributed by atoms with Crippen molar-refractivity contribution in [2.24, 2.45) is 0 Å². The molecule has 0 radical (unpaired) electrons. The van der Waals surface area contributed by atoms with Crippen LogP contribution in [0.4, 0.5) is 5.69 Å². The standard InChI is InChI=1S/C24H29N3O5S/c1-24(2)19-14-18(33(30,31)26-12-6-7-13-26)10-11-20(19)27(23(24)29)16-22(28)25-15-17-8-4-5-9-21(17)32-3/h4-5,8-11,14H,6-7,12-13,15-16H2,1-3H3,(H,25,28). The lowest BCUT2D eigenvalue weighted by atomic mass is 9.86. The third-order valence-corrected chi connectivity index (χ3v) is 8.28. The number of carbonyl (C=O) groups excluding carboxylic acids is 2. The van der Waals surface area contributed by atoms with Gasteiger partial charge in [-0.1, -0.05) is 18.2 Å². The smallest absolute Gasteiger partial charge is 0.243 e. The van der Waals surface area contributed by atoms with Gasteiger partial charge in [0.1, 0.15) is 12.3 Å². The molecule has 0 aliphatic carbocycles. The molecule has 0 spiro atoms. The molecule has 2 aromatic carbocycles. The van der Waals surface area contributed by atoms with Crippen molar-refractivity contribution in [3.05, 3.63) is 53.6 Å². The molecule has 8 nitrogen and oxygen atoms in total. The van der Waals surface area contributed by atoms with E-state index in [2.05, 4.69) is 5.32 Å². The number of amides is 2. The molecule has 2 aliphatic heterocycles. The molecule has 4 rings (SSSR count). The Morgan fingerprint density at radius 1 is 1.12 bits per heavy atom. The Morgan fingerprint density at radius 2 is 1.82 bits per heavy atom. The Balaban J connectivity index is 1.54. The summed E-state index contributed by atoms with van der Waals surface area (Å²) in [6.45, 7) is 4.66. The van der Waals surface area contributed by atoms with Gasteiger partial charge in [-0.25, -0.2) is 8.42 Å². The monoisotopic (exact) mass is 471 g/mol. The number of nitrogens with one attached hydrogen (secondary N) is 1. The van der Waals surface area contributed by atoms with Crippen LogP contribution in [-0.4, -0.2) is 51.3 Å². The van der Waals surface area contributed by atoms with Crippen molar-refractivity contribution >= 4 is 27.5 Å². The van der Waals surface area contributed by atoms with Crippen LogP contribution in [0.3, 0.4) is 0 Å². The minimum Gasteiger partial charge on any atom is -0.496 e. The van der Waals surface area contributed by atoms with Crippen LogP contribution in [-0.2, 0) is 31.6 Å². The summed E-state index contributed by atoms with van der Waals surface area (Å²) < 4.78 is 32.8. The second-order valence-corrected chi connectivity index (χ2v) is 10.8. The van der Waals surface area contributed by atoms with Crippen LogP contribution in [0, 0.1) is 0 Å². The van der Waals surface area contributed by atoms with Crippen molar-refractivity contribution in [1.82, 2.24) is 9.62 Å². The largest absolute Gasteiger partial charge is 0.496 e. The maximum Gasteiger partial charge on any atom is 0.243 e. The number of benzene rings is 2. The van der Waals surface area contributed by atoms with Crippen LogP contribution in [0.5, 0.6) is 5.75 Å². The highest BCUT2D eigenvalue weighted by Gasteiger charge is 2.45. The summed E-state index contributed by atoms with van der Waals surface area (Å²) in [5.41, 5.74) is 1.08. The van der Waals surface area contributed by atoms with E-state index in [4.69, 9.17) is 4.74 Å². The lowest BCUT2D eigenvalue weighted by molar-refractivity contribution is -0.125. The summed E-state index contributed by atoms with van der Waals surface area (Å²) in [5.74, 6) is 0.126. The molecule has 2 heterocycles. The van der Waals surface area contributed by atoms with Crippen LogP contribution >= 0.6 is 0 Å². The summed E-state index contributed by atoms with van der Waals surface area (Å²) in [6.07, 6.45) is 1.71. The Bertz CT molecular complexity index is 1190. The van der Waals surface area contributed by atoms with Gasteiger partial charge < -0.3 is 15.0 Å². The molecule has 0 aromatic heterocycles. The second-order valence-electron chi connectivity index (χ2n) is 8.90. The van der Waals surface area contributed by atoms with Gasteiger partial charge in [-0.3, -0.25) is 9.59 Å². The quantitative estimate of drug-likeness (QED) is 0.669. The Morgan fingerprint density at radius 3 is 2.52 bits per heavy atom. The van der Waals surface area contributed by atoms with E-state index in [1.807, 2.05) is 24.3 Å². The molecule has 0 bridgehead atoms. The molecule has 0 saturated carbocycles. The van der Waals surface area contributed by atoms with E-state index >= 15 is 0 Å². The van der Waals surface area contributed by atoms with Gasteiger partial charge in [-0.2, -0.15) is 4.31 Å². The fourth-order valence-corrected chi connectivity index (χ4v) is 5.99. The number of methoxy groups -OCH3 is 1. The average Bonchev–Trinajstić information content (AvgIpc) is 3.41. The van der Waals surface area contributed by atoms with E-state index < -0.39 is 15.4 Å². The number of anilines is 1. The predicted molar refractivity (Wildman–Crippen MR) is 125 cm³/mol. The molecule has 9 heteroatoms. The van der Waals surface area contributed by atoms with Crippen molar-refractivity contribution in [2.45, 2.75) is 43.5 Å². The van der Waals surface area contributed by atoms with Gasteiger partial charge in [0, 0.05) is 30.9 Å². The number of fused-ring (bicyclic) bond motifs is 1. The highest BCUT2D eigenvalue weighted by Crippen LogP contribution is 2.42. The van der Waals surface area contributed by atoms with Crippen molar-refractivity contribution in [1.29, 1.82) is 0 Å².